The van der Waals surface area contributed by atoms with Crippen LogP contribution >= 0.6 is 0 Å². The molecule has 0 saturated carbocycles. The summed E-state index contributed by atoms with van der Waals surface area (Å²) in [6.07, 6.45) is -3.93. The van der Waals surface area contributed by atoms with Crippen molar-refractivity contribution in [2.45, 2.75) is 31.7 Å². The van der Waals surface area contributed by atoms with E-state index in [-0.39, 0.29) is 12.1 Å². The molecular weight excluding hydrogens is 245 g/mol. The van der Waals surface area contributed by atoms with Crippen LogP contribution in [0, 0.1) is 0 Å². The van der Waals surface area contributed by atoms with Gasteiger partial charge in [-0.05, 0) is 31.0 Å². The largest absolute Gasteiger partial charge is 0.416 e. The number of nitrogens with two attached hydrogens (primary N) is 1. The molecule has 2 atom stereocenters. The SMILES string of the molecule is COC(C)C(Cc1ccc(C(F)(F)F)cc1)NN. The summed E-state index contributed by atoms with van der Waals surface area (Å²) in [7, 11) is 1.56. The number of nitrogens with one attached hydrogen (secondary N) is 1. The molecule has 1 aromatic carbocycles. The fourth-order valence-corrected chi connectivity index (χ4v) is 1.61. The summed E-state index contributed by atoms with van der Waals surface area (Å²) in [6, 6.07) is 4.90. The molecule has 0 aromatic heterocycles. The number of alkyl halides is 3. The van der Waals surface area contributed by atoms with E-state index in [1.54, 1.807) is 7.11 Å². The molecule has 3 nitrogen and oxygen atoms in total. The van der Waals surface area contributed by atoms with Crippen molar-refractivity contribution >= 4 is 0 Å². The van der Waals surface area contributed by atoms with Crippen LogP contribution in [0.3, 0.4) is 0 Å². The van der Waals surface area contributed by atoms with E-state index in [0.717, 1.165) is 17.7 Å². The van der Waals surface area contributed by atoms with Gasteiger partial charge in [0.15, 0.2) is 0 Å². The fraction of sp³-hybridized carbons (Fsp3) is 0.500. The molecule has 0 saturated heterocycles. The van der Waals surface area contributed by atoms with Crippen molar-refractivity contribution in [3.63, 3.8) is 0 Å². The maximum atomic E-state index is 12.4. The van der Waals surface area contributed by atoms with Gasteiger partial charge in [0, 0.05) is 7.11 Å². The number of ether oxygens (including phenoxy) is 1. The molecule has 0 amide bonds. The summed E-state index contributed by atoms with van der Waals surface area (Å²) < 4.78 is 42.3. The number of methoxy groups -OCH3 is 1. The zero-order valence-corrected chi connectivity index (χ0v) is 10.3. The molecule has 18 heavy (non-hydrogen) atoms. The van der Waals surface area contributed by atoms with Gasteiger partial charge in [0.1, 0.15) is 0 Å². The molecule has 0 radical (unpaired) electrons. The predicted octanol–water partition coefficient (Wildman–Crippen LogP) is 2.11. The summed E-state index contributed by atoms with van der Waals surface area (Å²) in [5, 5.41) is 0. The maximum absolute atomic E-state index is 12.4. The molecule has 3 N–H and O–H groups in total. The fourth-order valence-electron chi connectivity index (χ4n) is 1.61. The van der Waals surface area contributed by atoms with E-state index in [2.05, 4.69) is 5.43 Å². The van der Waals surface area contributed by atoms with Gasteiger partial charge in [0.2, 0.25) is 0 Å². The smallest absolute Gasteiger partial charge is 0.380 e. The van der Waals surface area contributed by atoms with Gasteiger partial charge in [-0.15, -0.1) is 0 Å². The van der Waals surface area contributed by atoms with Crippen LogP contribution in [0.1, 0.15) is 18.1 Å². The Balaban J connectivity index is 2.74. The molecule has 6 heteroatoms. The zero-order valence-electron chi connectivity index (χ0n) is 10.3. The Kier molecular flexibility index (Phi) is 5.13. The Morgan fingerprint density at radius 3 is 2.22 bits per heavy atom. The quantitative estimate of drug-likeness (QED) is 0.631. The Labute approximate surface area is 104 Å². The Morgan fingerprint density at radius 2 is 1.83 bits per heavy atom. The highest BCUT2D eigenvalue weighted by atomic mass is 19.4. The molecule has 0 heterocycles. The maximum Gasteiger partial charge on any atom is 0.416 e. The van der Waals surface area contributed by atoms with Crippen molar-refractivity contribution in [1.29, 1.82) is 0 Å². The molecule has 0 aliphatic carbocycles. The van der Waals surface area contributed by atoms with Gasteiger partial charge < -0.3 is 4.74 Å². The van der Waals surface area contributed by atoms with Crippen LogP contribution in [-0.4, -0.2) is 19.3 Å². The second-order valence-corrected chi connectivity index (χ2v) is 4.11. The number of hydrazine groups is 1. The Hall–Kier alpha value is -1.11. The minimum atomic E-state index is -4.30. The Bertz CT molecular complexity index is 365. The van der Waals surface area contributed by atoms with Crippen molar-refractivity contribution in [2.75, 3.05) is 7.11 Å². The minimum absolute atomic E-state index is 0.128. The van der Waals surface area contributed by atoms with Gasteiger partial charge in [0.05, 0.1) is 17.7 Å². The molecule has 0 spiro atoms. The van der Waals surface area contributed by atoms with Crippen LogP contribution in [-0.2, 0) is 17.3 Å². The van der Waals surface area contributed by atoms with Gasteiger partial charge in [-0.25, -0.2) is 0 Å². The second kappa shape index (κ2) is 6.17. The summed E-state index contributed by atoms with van der Waals surface area (Å²) >= 11 is 0. The van der Waals surface area contributed by atoms with Crippen LogP contribution in [0.25, 0.3) is 0 Å². The van der Waals surface area contributed by atoms with Crippen molar-refractivity contribution in [3.05, 3.63) is 35.4 Å². The molecule has 0 bridgehead atoms. The van der Waals surface area contributed by atoms with Gasteiger partial charge in [0.25, 0.3) is 0 Å². The first-order chi connectivity index (χ1) is 8.38. The lowest BCUT2D eigenvalue weighted by atomic mass is 10.0. The van der Waals surface area contributed by atoms with Crippen molar-refractivity contribution in [3.8, 4) is 0 Å². The van der Waals surface area contributed by atoms with Crippen LogP contribution in [0.5, 0.6) is 0 Å². The van der Waals surface area contributed by atoms with E-state index in [1.807, 2.05) is 6.92 Å². The lowest BCUT2D eigenvalue weighted by Crippen LogP contribution is -2.45. The third kappa shape index (κ3) is 3.97. The van der Waals surface area contributed by atoms with Crippen LogP contribution in [0.4, 0.5) is 13.2 Å². The lowest BCUT2D eigenvalue weighted by molar-refractivity contribution is -0.137. The highest BCUT2D eigenvalue weighted by molar-refractivity contribution is 5.25. The standard InChI is InChI=1S/C12H17F3N2O/c1-8(18-2)11(17-16)7-9-3-5-10(6-4-9)12(13,14)15/h3-6,8,11,17H,7,16H2,1-2H3. The first-order valence-electron chi connectivity index (χ1n) is 5.53. The summed E-state index contributed by atoms with van der Waals surface area (Å²) in [5.41, 5.74) is 2.72. The van der Waals surface area contributed by atoms with E-state index in [1.165, 1.54) is 12.1 Å². The number of halogens is 3. The Morgan fingerprint density at radius 1 is 1.28 bits per heavy atom. The van der Waals surface area contributed by atoms with E-state index < -0.39 is 11.7 Å². The van der Waals surface area contributed by atoms with E-state index >= 15 is 0 Å². The average molecular weight is 262 g/mol. The number of rotatable bonds is 5. The van der Waals surface area contributed by atoms with Crippen molar-refractivity contribution in [2.24, 2.45) is 5.84 Å². The zero-order chi connectivity index (χ0) is 13.8. The summed E-state index contributed by atoms with van der Waals surface area (Å²) in [6.45, 7) is 1.84. The second-order valence-electron chi connectivity index (χ2n) is 4.11. The highest BCUT2D eigenvalue weighted by Crippen LogP contribution is 2.29. The molecule has 1 rings (SSSR count). The summed E-state index contributed by atoms with van der Waals surface area (Å²) in [4.78, 5) is 0. The van der Waals surface area contributed by atoms with Crippen LogP contribution in [0.15, 0.2) is 24.3 Å². The van der Waals surface area contributed by atoms with Gasteiger partial charge >= 0.3 is 6.18 Å². The lowest BCUT2D eigenvalue weighted by Gasteiger charge is -2.22. The summed E-state index contributed by atoms with van der Waals surface area (Å²) in [5.74, 6) is 5.39. The monoisotopic (exact) mass is 262 g/mol. The van der Waals surface area contributed by atoms with E-state index in [9.17, 15) is 13.2 Å². The first-order valence-corrected chi connectivity index (χ1v) is 5.53. The predicted molar refractivity (Wildman–Crippen MR) is 62.7 cm³/mol. The van der Waals surface area contributed by atoms with E-state index in [0.29, 0.717) is 6.42 Å². The van der Waals surface area contributed by atoms with Gasteiger partial charge in [-0.1, -0.05) is 12.1 Å². The number of hydrogen-bond acceptors (Lipinski definition) is 3. The molecule has 1 aromatic rings. The van der Waals surface area contributed by atoms with E-state index in [4.69, 9.17) is 10.6 Å². The topological polar surface area (TPSA) is 47.3 Å². The minimum Gasteiger partial charge on any atom is -0.380 e. The van der Waals surface area contributed by atoms with Gasteiger partial charge in [-0.3, -0.25) is 11.3 Å². The molecule has 0 aliphatic heterocycles. The van der Waals surface area contributed by atoms with Crippen molar-refractivity contribution in [1.82, 2.24) is 5.43 Å². The van der Waals surface area contributed by atoms with Crippen LogP contribution in [0.2, 0.25) is 0 Å². The molecule has 2 unspecified atom stereocenters. The van der Waals surface area contributed by atoms with Crippen molar-refractivity contribution < 1.29 is 17.9 Å². The third-order valence-corrected chi connectivity index (χ3v) is 2.89. The highest BCUT2D eigenvalue weighted by Gasteiger charge is 2.30. The third-order valence-electron chi connectivity index (χ3n) is 2.89. The first kappa shape index (κ1) is 14.9. The molecule has 0 fully saturated rings. The number of hydrogen-bond donors (Lipinski definition) is 2. The molecular formula is C12H17F3N2O. The average Bonchev–Trinajstić information content (AvgIpc) is 2.34. The normalized spacial score (nSPS) is 15.4. The number of benzene rings is 1. The molecule has 0 aliphatic rings. The van der Waals surface area contributed by atoms with Gasteiger partial charge in [-0.2, -0.15) is 13.2 Å². The molecule has 102 valence electrons. The van der Waals surface area contributed by atoms with Crippen LogP contribution < -0.4 is 11.3 Å².